The third-order valence-corrected chi connectivity index (χ3v) is 3.69. The van der Waals surface area contributed by atoms with Crippen molar-refractivity contribution in [3.8, 4) is 0 Å². The monoisotopic (exact) mass is 347 g/mol. The van der Waals surface area contributed by atoms with Crippen molar-refractivity contribution in [1.29, 1.82) is 0 Å². The molecule has 5 nitrogen and oxygen atoms in total. The molecule has 1 aliphatic heterocycles. The van der Waals surface area contributed by atoms with E-state index in [4.69, 9.17) is 0 Å². The van der Waals surface area contributed by atoms with Crippen LogP contribution in [0.25, 0.3) is 0 Å². The lowest BCUT2D eigenvalue weighted by Crippen LogP contribution is -2.45. The van der Waals surface area contributed by atoms with Crippen molar-refractivity contribution in [2.45, 2.75) is 19.4 Å². The largest absolute Gasteiger partial charge is 0.344 e. The molecule has 1 aromatic carbocycles. The second kappa shape index (κ2) is 8.21. The summed E-state index contributed by atoms with van der Waals surface area (Å²) in [5, 5.41) is 5.52. The maximum Gasteiger partial charge on any atom is 0.249 e. The van der Waals surface area contributed by atoms with E-state index in [0.717, 1.165) is 17.0 Å². The molecular weight excluding hydrogens is 328 g/mol. The van der Waals surface area contributed by atoms with Crippen molar-refractivity contribution >= 4 is 29.9 Å². The first kappa shape index (κ1) is 19.3. The summed E-state index contributed by atoms with van der Waals surface area (Å²) in [6.07, 6.45) is 0.324. The third-order valence-electron chi connectivity index (χ3n) is 3.69. The van der Waals surface area contributed by atoms with Gasteiger partial charge < -0.3 is 15.5 Å². The summed E-state index contributed by atoms with van der Waals surface area (Å²) < 4.78 is 27.5. The summed E-state index contributed by atoms with van der Waals surface area (Å²) >= 11 is 0. The topological polar surface area (TPSA) is 61.4 Å². The average Bonchev–Trinajstić information content (AvgIpc) is 2.81. The lowest BCUT2D eigenvalue weighted by atomic mass is 10.1. The molecule has 2 rings (SSSR count). The summed E-state index contributed by atoms with van der Waals surface area (Å²) in [5.74, 6) is -2.62. The lowest BCUT2D eigenvalue weighted by Gasteiger charge is -2.19. The number of nitrogens with one attached hydrogen (secondary N) is 2. The summed E-state index contributed by atoms with van der Waals surface area (Å²) in [4.78, 5) is 25.3. The normalized spacial score (nSPS) is 18.5. The number of para-hydroxylation sites is 1. The minimum Gasteiger partial charge on any atom is -0.344 e. The van der Waals surface area contributed by atoms with Crippen molar-refractivity contribution in [2.75, 3.05) is 25.0 Å². The quantitative estimate of drug-likeness (QED) is 0.848. The van der Waals surface area contributed by atoms with Crippen LogP contribution < -0.4 is 15.5 Å². The van der Waals surface area contributed by atoms with E-state index in [2.05, 4.69) is 10.6 Å². The van der Waals surface area contributed by atoms with Gasteiger partial charge in [-0.2, -0.15) is 0 Å². The van der Waals surface area contributed by atoms with Crippen LogP contribution in [0.15, 0.2) is 18.2 Å². The zero-order valence-electron chi connectivity index (χ0n) is 12.9. The highest BCUT2D eigenvalue weighted by Crippen LogP contribution is 2.27. The Morgan fingerprint density at radius 1 is 1.39 bits per heavy atom. The van der Waals surface area contributed by atoms with Gasteiger partial charge in [0.2, 0.25) is 11.8 Å². The molecule has 0 spiro atoms. The van der Waals surface area contributed by atoms with E-state index >= 15 is 0 Å². The molecule has 8 heteroatoms. The van der Waals surface area contributed by atoms with Gasteiger partial charge in [0.1, 0.15) is 23.4 Å². The number of hydrogen-bond donors (Lipinski definition) is 2. The molecule has 0 aliphatic carbocycles. The Hall–Kier alpha value is -1.73. The van der Waals surface area contributed by atoms with Crippen LogP contribution in [0.2, 0.25) is 0 Å². The van der Waals surface area contributed by atoms with Crippen molar-refractivity contribution in [1.82, 2.24) is 10.6 Å². The Labute approximate surface area is 139 Å². The van der Waals surface area contributed by atoms with Crippen LogP contribution in [0.3, 0.4) is 0 Å². The van der Waals surface area contributed by atoms with Crippen LogP contribution in [-0.4, -0.2) is 38.0 Å². The Kier molecular flexibility index (Phi) is 6.90. The van der Waals surface area contributed by atoms with Gasteiger partial charge in [0.25, 0.3) is 0 Å². The molecule has 1 fully saturated rings. The first-order valence-electron chi connectivity index (χ1n) is 7.16. The maximum atomic E-state index is 13.8. The van der Waals surface area contributed by atoms with Crippen LogP contribution in [0.4, 0.5) is 14.5 Å². The molecule has 23 heavy (non-hydrogen) atoms. The Morgan fingerprint density at radius 2 is 2.00 bits per heavy atom. The van der Waals surface area contributed by atoms with Gasteiger partial charge in [-0.15, -0.1) is 12.4 Å². The number of carbonyl (C=O) groups is 2. The smallest absolute Gasteiger partial charge is 0.249 e. The van der Waals surface area contributed by atoms with E-state index in [9.17, 15) is 18.4 Å². The Morgan fingerprint density at radius 3 is 2.57 bits per heavy atom. The van der Waals surface area contributed by atoms with Crippen molar-refractivity contribution in [3.63, 3.8) is 0 Å². The molecule has 2 N–H and O–H groups in total. The Balaban J connectivity index is 0.00000264. The summed E-state index contributed by atoms with van der Waals surface area (Å²) in [6.45, 7) is 2.39. The number of carbonyl (C=O) groups excluding carboxylic acids is 2. The van der Waals surface area contributed by atoms with Gasteiger partial charge >= 0.3 is 0 Å². The summed E-state index contributed by atoms with van der Waals surface area (Å²) in [6, 6.07) is 2.71. The lowest BCUT2D eigenvalue weighted by molar-refractivity contribution is -0.128. The molecule has 2 amide bonds. The van der Waals surface area contributed by atoms with E-state index < -0.39 is 23.6 Å². The van der Waals surface area contributed by atoms with E-state index in [1.807, 2.05) is 0 Å². The fourth-order valence-electron chi connectivity index (χ4n) is 2.50. The first-order valence-corrected chi connectivity index (χ1v) is 7.16. The minimum absolute atomic E-state index is 0. The number of rotatable bonds is 5. The predicted molar refractivity (Wildman–Crippen MR) is 85.6 cm³/mol. The molecule has 1 heterocycles. The minimum atomic E-state index is -0.788. The van der Waals surface area contributed by atoms with E-state index in [0.29, 0.717) is 13.0 Å². The van der Waals surface area contributed by atoms with E-state index in [1.54, 1.807) is 14.0 Å². The van der Waals surface area contributed by atoms with Crippen molar-refractivity contribution < 1.29 is 18.4 Å². The fourth-order valence-corrected chi connectivity index (χ4v) is 2.50. The van der Waals surface area contributed by atoms with Crippen molar-refractivity contribution in [3.05, 3.63) is 29.8 Å². The molecule has 0 radical (unpaired) electrons. The number of nitrogens with zero attached hydrogens (tertiary/aromatic N) is 1. The number of halogens is 3. The highest BCUT2D eigenvalue weighted by atomic mass is 35.5. The highest BCUT2D eigenvalue weighted by molar-refractivity contribution is 6.01. The van der Waals surface area contributed by atoms with E-state index in [1.165, 1.54) is 6.07 Å². The molecule has 0 bridgehead atoms. The van der Waals surface area contributed by atoms with Crippen LogP contribution in [-0.2, 0) is 9.59 Å². The molecule has 0 aromatic heterocycles. The predicted octanol–water partition coefficient (Wildman–Crippen LogP) is 1.46. The molecule has 2 unspecified atom stereocenters. The molecular formula is C15H20ClF2N3O2. The van der Waals surface area contributed by atoms with Crippen LogP contribution in [0, 0.1) is 17.6 Å². The zero-order chi connectivity index (χ0) is 16.3. The second-order valence-corrected chi connectivity index (χ2v) is 5.37. The average molecular weight is 348 g/mol. The van der Waals surface area contributed by atoms with Gasteiger partial charge in [0.15, 0.2) is 0 Å². The number of amides is 2. The van der Waals surface area contributed by atoms with Crippen LogP contribution in [0.5, 0.6) is 0 Å². The second-order valence-electron chi connectivity index (χ2n) is 5.37. The Bertz CT molecular complexity index is 566. The summed E-state index contributed by atoms with van der Waals surface area (Å²) in [7, 11) is 1.73. The van der Waals surface area contributed by atoms with Gasteiger partial charge in [0.05, 0.1) is 0 Å². The van der Waals surface area contributed by atoms with Crippen LogP contribution in [0.1, 0.15) is 13.3 Å². The fraction of sp³-hybridized carbons (Fsp3) is 0.467. The molecule has 0 saturated carbocycles. The van der Waals surface area contributed by atoms with Gasteiger partial charge in [-0.3, -0.25) is 9.59 Å². The van der Waals surface area contributed by atoms with Gasteiger partial charge in [-0.1, -0.05) is 13.0 Å². The number of benzene rings is 1. The first-order chi connectivity index (χ1) is 10.5. The number of anilines is 1. The van der Waals surface area contributed by atoms with Gasteiger partial charge in [0, 0.05) is 19.0 Å². The SMILES string of the molecule is CNCC(C)C(=O)NC1CCN(c2c(F)cccc2F)C1=O.Cl. The van der Waals surface area contributed by atoms with Gasteiger partial charge in [-0.25, -0.2) is 8.78 Å². The van der Waals surface area contributed by atoms with E-state index in [-0.39, 0.29) is 36.5 Å². The third kappa shape index (κ3) is 4.17. The summed E-state index contributed by atoms with van der Waals surface area (Å²) in [5.41, 5.74) is -0.354. The molecule has 1 aromatic rings. The molecule has 1 aliphatic rings. The molecule has 2 atom stereocenters. The molecule has 1 saturated heterocycles. The van der Waals surface area contributed by atoms with Crippen molar-refractivity contribution in [2.24, 2.45) is 5.92 Å². The van der Waals surface area contributed by atoms with Gasteiger partial charge in [-0.05, 0) is 25.6 Å². The standard InChI is InChI=1S/C15H19F2N3O2.ClH/c1-9(8-18-2)14(21)19-12-6-7-20(15(12)22)13-10(16)4-3-5-11(13)17;/h3-5,9,12,18H,6-8H2,1-2H3,(H,19,21);1H. The zero-order valence-corrected chi connectivity index (χ0v) is 13.8. The molecule has 128 valence electrons. The maximum absolute atomic E-state index is 13.8. The van der Waals surface area contributed by atoms with Crippen LogP contribution >= 0.6 is 12.4 Å². The number of hydrogen-bond acceptors (Lipinski definition) is 3. The highest BCUT2D eigenvalue weighted by Gasteiger charge is 2.36.